The van der Waals surface area contributed by atoms with E-state index in [2.05, 4.69) is 5.32 Å². The Labute approximate surface area is 203 Å². The molecule has 0 saturated heterocycles. The maximum atomic E-state index is 13.8. The highest BCUT2D eigenvalue weighted by Crippen LogP contribution is 2.25. The normalized spacial score (nSPS) is 12.8. The van der Waals surface area contributed by atoms with Crippen molar-refractivity contribution in [3.8, 4) is 5.75 Å². The summed E-state index contributed by atoms with van der Waals surface area (Å²) in [5.74, 6) is 0.0253. The minimum atomic E-state index is -0.402. The molecule has 2 amide bonds. The van der Waals surface area contributed by atoms with E-state index in [0.717, 1.165) is 16.9 Å². The van der Waals surface area contributed by atoms with E-state index in [0.29, 0.717) is 49.7 Å². The van der Waals surface area contributed by atoms with Crippen LogP contribution in [-0.4, -0.2) is 36.7 Å². The molecule has 1 aliphatic heterocycles. The van der Waals surface area contributed by atoms with E-state index in [1.807, 2.05) is 18.2 Å². The topological polar surface area (TPSA) is 77.1 Å². The van der Waals surface area contributed by atoms with Gasteiger partial charge >= 0.3 is 12.0 Å². The Morgan fingerprint density at radius 1 is 1.06 bits per heavy atom. The molecule has 0 fully saturated rings. The summed E-state index contributed by atoms with van der Waals surface area (Å²) in [5, 5.41) is 2.86. The van der Waals surface area contributed by atoms with E-state index in [4.69, 9.17) is 14.2 Å². The number of carbonyl (C=O) groups is 2. The third-order valence-electron chi connectivity index (χ3n) is 5.52. The largest absolute Gasteiger partial charge is 0.491 e. The second kappa shape index (κ2) is 11.5. The van der Waals surface area contributed by atoms with E-state index in [9.17, 15) is 14.0 Å². The highest BCUT2D eigenvalue weighted by Gasteiger charge is 2.20. The van der Waals surface area contributed by atoms with Gasteiger partial charge in [0.15, 0.2) is 0 Å². The number of benzene rings is 3. The van der Waals surface area contributed by atoms with Crippen molar-refractivity contribution in [3.05, 3.63) is 94.8 Å². The summed E-state index contributed by atoms with van der Waals surface area (Å²) in [4.78, 5) is 26.4. The van der Waals surface area contributed by atoms with Gasteiger partial charge < -0.3 is 24.4 Å². The van der Waals surface area contributed by atoms with Gasteiger partial charge in [0.25, 0.3) is 0 Å². The lowest BCUT2D eigenvalue weighted by atomic mass is 10.1. The monoisotopic (exact) mass is 478 g/mol. The molecule has 0 saturated carbocycles. The van der Waals surface area contributed by atoms with Crippen molar-refractivity contribution in [2.45, 2.75) is 26.7 Å². The number of urea groups is 1. The molecule has 182 valence electrons. The number of anilines is 1. The number of hydrogen-bond donors (Lipinski definition) is 1. The highest BCUT2D eigenvalue weighted by atomic mass is 19.1. The van der Waals surface area contributed by atoms with E-state index in [-0.39, 0.29) is 18.5 Å². The summed E-state index contributed by atoms with van der Waals surface area (Å²) in [5.41, 5.74) is 3.27. The molecule has 8 heteroatoms. The van der Waals surface area contributed by atoms with E-state index < -0.39 is 5.97 Å². The fourth-order valence-electron chi connectivity index (χ4n) is 3.71. The van der Waals surface area contributed by atoms with Crippen molar-refractivity contribution < 1.29 is 28.2 Å². The number of amides is 2. The van der Waals surface area contributed by atoms with Gasteiger partial charge in [0.2, 0.25) is 0 Å². The summed E-state index contributed by atoms with van der Waals surface area (Å²) in [6.45, 7) is 3.67. The van der Waals surface area contributed by atoms with Crippen LogP contribution in [0.25, 0.3) is 0 Å². The second-order valence-corrected chi connectivity index (χ2v) is 8.02. The van der Waals surface area contributed by atoms with Crippen LogP contribution >= 0.6 is 0 Å². The van der Waals surface area contributed by atoms with Crippen LogP contribution in [0.1, 0.15) is 34.0 Å². The van der Waals surface area contributed by atoms with Crippen LogP contribution in [0.4, 0.5) is 14.9 Å². The molecule has 0 atom stereocenters. The van der Waals surface area contributed by atoms with Gasteiger partial charge in [-0.05, 0) is 55.0 Å². The summed E-state index contributed by atoms with van der Waals surface area (Å²) in [7, 11) is 0. The van der Waals surface area contributed by atoms with Gasteiger partial charge in [-0.1, -0.05) is 24.3 Å². The number of nitrogens with one attached hydrogen (secondary N) is 1. The molecule has 0 radical (unpaired) electrons. The molecule has 0 aromatic heterocycles. The first-order valence-corrected chi connectivity index (χ1v) is 11.4. The zero-order chi connectivity index (χ0) is 24.6. The molecule has 0 bridgehead atoms. The second-order valence-electron chi connectivity index (χ2n) is 8.02. The summed E-state index contributed by atoms with van der Waals surface area (Å²) in [6, 6.07) is 18.5. The van der Waals surface area contributed by atoms with E-state index in [1.54, 1.807) is 54.3 Å². The molecule has 3 aromatic rings. The Balaban J connectivity index is 1.36. The molecule has 0 aliphatic carbocycles. The van der Waals surface area contributed by atoms with Crippen molar-refractivity contribution in [3.63, 3.8) is 0 Å². The molecule has 1 aliphatic rings. The van der Waals surface area contributed by atoms with E-state index in [1.165, 1.54) is 6.07 Å². The van der Waals surface area contributed by atoms with Gasteiger partial charge in [-0.2, -0.15) is 0 Å². The predicted molar refractivity (Wildman–Crippen MR) is 129 cm³/mol. The zero-order valence-electron chi connectivity index (χ0n) is 19.5. The van der Waals surface area contributed by atoms with Gasteiger partial charge in [0.1, 0.15) is 18.2 Å². The molecular weight excluding hydrogens is 451 g/mol. The first-order chi connectivity index (χ1) is 17.0. The average Bonchev–Trinajstić information content (AvgIpc) is 3.08. The lowest BCUT2D eigenvalue weighted by molar-refractivity contribution is 0.0526. The Kier molecular flexibility index (Phi) is 7.95. The minimum absolute atomic E-state index is 0.170. The Hall–Kier alpha value is -3.91. The molecule has 7 nitrogen and oxygen atoms in total. The van der Waals surface area contributed by atoms with Crippen LogP contribution in [0, 0.1) is 5.82 Å². The number of carbonyl (C=O) groups excluding carboxylic acids is 2. The lowest BCUT2D eigenvalue weighted by Crippen LogP contribution is -2.36. The number of rotatable bonds is 7. The molecule has 3 aromatic carbocycles. The SMILES string of the molecule is CCOC(=O)c1ccc(NC(=O)N2CCOc3ccc(COCc4ccccc4F)cc3C2)cc1. The Bertz CT molecular complexity index is 1180. The molecule has 1 N–H and O–H groups in total. The first kappa shape index (κ1) is 24.2. The van der Waals surface area contributed by atoms with Crippen molar-refractivity contribution in [1.29, 1.82) is 0 Å². The number of hydrogen-bond acceptors (Lipinski definition) is 5. The van der Waals surface area contributed by atoms with Crippen LogP contribution < -0.4 is 10.1 Å². The standard InChI is InChI=1S/C27H27FN2O5/c1-2-34-26(31)20-8-10-23(11-9-20)29-27(32)30-13-14-35-25-12-7-19(15-22(25)16-30)17-33-18-21-5-3-4-6-24(21)28/h3-12,15H,2,13-14,16-18H2,1H3,(H,29,32). The quantitative estimate of drug-likeness (QED) is 0.476. The summed E-state index contributed by atoms with van der Waals surface area (Å²) < 4.78 is 30.3. The molecule has 35 heavy (non-hydrogen) atoms. The summed E-state index contributed by atoms with van der Waals surface area (Å²) in [6.07, 6.45) is 0. The van der Waals surface area contributed by atoms with Crippen molar-refractivity contribution in [2.24, 2.45) is 0 Å². The number of esters is 1. The van der Waals surface area contributed by atoms with Gasteiger partial charge in [-0.25, -0.2) is 14.0 Å². The molecule has 1 heterocycles. The number of ether oxygens (including phenoxy) is 3. The number of halogens is 1. The smallest absolute Gasteiger partial charge is 0.338 e. The van der Waals surface area contributed by atoms with Crippen LogP contribution in [0.2, 0.25) is 0 Å². The fraction of sp³-hybridized carbons (Fsp3) is 0.259. The van der Waals surface area contributed by atoms with Crippen LogP contribution in [0.5, 0.6) is 5.75 Å². The first-order valence-electron chi connectivity index (χ1n) is 11.4. The van der Waals surface area contributed by atoms with Crippen molar-refractivity contribution >= 4 is 17.7 Å². The van der Waals surface area contributed by atoms with Gasteiger partial charge in [-0.3, -0.25) is 0 Å². The molecule has 0 unspecified atom stereocenters. The highest BCUT2D eigenvalue weighted by molar-refractivity contribution is 5.92. The van der Waals surface area contributed by atoms with Gasteiger partial charge in [0.05, 0.1) is 38.5 Å². The Morgan fingerprint density at radius 2 is 1.86 bits per heavy atom. The maximum Gasteiger partial charge on any atom is 0.338 e. The average molecular weight is 479 g/mol. The van der Waals surface area contributed by atoms with Gasteiger partial charge in [-0.15, -0.1) is 0 Å². The number of nitrogens with zero attached hydrogens (tertiary/aromatic N) is 1. The minimum Gasteiger partial charge on any atom is -0.491 e. The van der Waals surface area contributed by atoms with Crippen molar-refractivity contribution in [1.82, 2.24) is 4.90 Å². The van der Waals surface area contributed by atoms with Crippen LogP contribution in [-0.2, 0) is 29.2 Å². The molecule has 0 spiro atoms. The third-order valence-corrected chi connectivity index (χ3v) is 5.52. The third kappa shape index (κ3) is 6.36. The summed E-state index contributed by atoms with van der Waals surface area (Å²) >= 11 is 0. The van der Waals surface area contributed by atoms with E-state index >= 15 is 0 Å². The molecule has 4 rings (SSSR count). The number of fused-ring (bicyclic) bond motifs is 1. The maximum absolute atomic E-state index is 13.8. The van der Waals surface area contributed by atoms with Crippen molar-refractivity contribution in [2.75, 3.05) is 25.1 Å². The van der Waals surface area contributed by atoms with Crippen LogP contribution in [0.3, 0.4) is 0 Å². The lowest BCUT2D eigenvalue weighted by Gasteiger charge is -2.20. The van der Waals surface area contributed by atoms with Gasteiger partial charge in [0, 0.05) is 16.8 Å². The zero-order valence-corrected chi connectivity index (χ0v) is 19.5. The van der Waals surface area contributed by atoms with Crippen LogP contribution in [0.15, 0.2) is 66.7 Å². The Morgan fingerprint density at radius 3 is 2.63 bits per heavy atom. The molecular formula is C27H27FN2O5. The predicted octanol–water partition coefficient (Wildman–Crippen LogP) is 5.15. The fourth-order valence-corrected chi connectivity index (χ4v) is 3.71.